The van der Waals surface area contributed by atoms with E-state index in [-0.39, 0.29) is 18.4 Å². The summed E-state index contributed by atoms with van der Waals surface area (Å²) in [7, 11) is 3.36. The predicted molar refractivity (Wildman–Crippen MR) is 115 cm³/mol. The van der Waals surface area contributed by atoms with Crippen LogP contribution < -0.4 is 10.1 Å². The van der Waals surface area contributed by atoms with Crippen molar-refractivity contribution < 1.29 is 19.1 Å². The molecule has 2 aromatic carbocycles. The number of carbonyl (C=O) groups excluding carboxylic acids is 2. The smallest absolute Gasteiger partial charge is 0.259 e. The maximum Gasteiger partial charge on any atom is 0.259 e. The Labute approximate surface area is 179 Å². The van der Waals surface area contributed by atoms with Crippen molar-refractivity contribution in [1.82, 2.24) is 4.90 Å². The molecule has 1 saturated heterocycles. The van der Waals surface area contributed by atoms with E-state index in [2.05, 4.69) is 21.2 Å². The highest BCUT2D eigenvalue weighted by atomic mass is 79.9. The van der Waals surface area contributed by atoms with Gasteiger partial charge >= 0.3 is 0 Å². The number of nitrogens with one attached hydrogen (secondary N) is 1. The van der Waals surface area contributed by atoms with Crippen LogP contribution in [0.4, 0.5) is 5.69 Å². The normalized spacial score (nSPS) is 15.4. The van der Waals surface area contributed by atoms with Gasteiger partial charge < -0.3 is 19.7 Å². The van der Waals surface area contributed by atoms with Crippen molar-refractivity contribution in [2.24, 2.45) is 0 Å². The number of halogens is 1. The van der Waals surface area contributed by atoms with E-state index in [1.165, 1.54) is 4.90 Å². The number of hydrogen-bond acceptors (Lipinski definition) is 4. The topological polar surface area (TPSA) is 67.9 Å². The third-order valence-electron chi connectivity index (χ3n) is 5.15. The first-order valence-electron chi connectivity index (χ1n) is 9.49. The zero-order valence-electron chi connectivity index (χ0n) is 16.6. The second-order valence-electron chi connectivity index (χ2n) is 7.26. The van der Waals surface area contributed by atoms with Gasteiger partial charge in [0.15, 0.2) is 6.61 Å². The highest BCUT2D eigenvalue weighted by Crippen LogP contribution is 2.36. The standard InChI is InChI=1S/C22H25BrN2O4/c1-25(2)20(26)15-29-19-9-7-18(8-10-19)24-21(27)22(11-13-28-14-12-22)16-3-5-17(23)6-4-16/h3-10H,11-15H2,1-2H3,(H,24,27). The Morgan fingerprint density at radius 2 is 1.69 bits per heavy atom. The molecule has 0 aromatic heterocycles. The number of hydrogen-bond donors (Lipinski definition) is 1. The van der Waals surface area contributed by atoms with Gasteiger partial charge in [0, 0.05) is 37.5 Å². The van der Waals surface area contributed by atoms with Gasteiger partial charge in [0.25, 0.3) is 5.91 Å². The summed E-state index contributed by atoms with van der Waals surface area (Å²) in [5.41, 5.74) is 1.06. The van der Waals surface area contributed by atoms with E-state index in [1.807, 2.05) is 24.3 Å². The van der Waals surface area contributed by atoms with E-state index in [0.29, 0.717) is 37.5 Å². The minimum Gasteiger partial charge on any atom is -0.484 e. The maximum absolute atomic E-state index is 13.3. The fraction of sp³-hybridized carbons (Fsp3) is 0.364. The summed E-state index contributed by atoms with van der Waals surface area (Å²) in [5.74, 6) is 0.421. The Balaban J connectivity index is 1.71. The van der Waals surface area contributed by atoms with E-state index in [0.717, 1.165) is 10.0 Å². The fourth-order valence-corrected chi connectivity index (χ4v) is 3.56. The van der Waals surface area contributed by atoms with E-state index >= 15 is 0 Å². The fourth-order valence-electron chi connectivity index (χ4n) is 3.30. The Morgan fingerprint density at radius 1 is 1.07 bits per heavy atom. The number of ether oxygens (including phenoxy) is 2. The van der Waals surface area contributed by atoms with Gasteiger partial charge in [0.2, 0.25) is 5.91 Å². The summed E-state index contributed by atoms with van der Waals surface area (Å²) < 4.78 is 12.0. The van der Waals surface area contributed by atoms with Crippen molar-refractivity contribution in [2.75, 3.05) is 39.2 Å². The van der Waals surface area contributed by atoms with Crippen LogP contribution in [0.15, 0.2) is 53.0 Å². The third-order valence-corrected chi connectivity index (χ3v) is 5.68. The largest absolute Gasteiger partial charge is 0.484 e. The van der Waals surface area contributed by atoms with Crippen molar-refractivity contribution in [1.29, 1.82) is 0 Å². The Kier molecular flexibility index (Phi) is 6.92. The van der Waals surface area contributed by atoms with E-state index in [9.17, 15) is 9.59 Å². The molecule has 6 nitrogen and oxygen atoms in total. The first kappa shape index (κ1) is 21.3. The average molecular weight is 461 g/mol. The number of rotatable bonds is 6. The van der Waals surface area contributed by atoms with E-state index < -0.39 is 5.41 Å². The van der Waals surface area contributed by atoms with Gasteiger partial charge in [-0.05, 0) is 54.8 Å². The molecule has 0 unspecified atom stereocenters. The van der Waals surface area contributed by atoms with Crippen molar-refractivity contribution in [2.45, 2.75) is 18.3 Å². The lowest BCUT2D eigenvalue weighted by molar-refractivity contribution is -0.130. The summed E-state index contributed by atoms with van der Waals surface area (Å²) in [6.07, 6.45) is 1.27. The average Bonchev–Trinajstić information content (AvgIpc) is 2.73. The number of anilines is 1. The minimum absolute atomic E-state index is 0.0224. The zero-order valence-corrected chi connectivity index (χ0v) is 18.2. The van der Waals surface area contributed by atoms with Crippen LogP contribution in [0.1, 0.15) is 18.4 Å². The molecule has 1 fully saturated rings. The Hall–Kier alpha value is -2.38. The summed E-state index contributed by atoms with van der Waals surface area (Å²) in [5, 5.41) is 3.04. The molecule has 2 aromatic rings. The van der Waals surface area contributed by atoms with Crippen molar-refractivity contribution in [3.05, 3.63) is 58.6 Å². The Morgan fingerprint density at radius 3 is 2.28 bits per heavy atom. The monoisotopic (exact) mass is 460 g/mol. The molecule has 1 aliphatic heterocycles. The van der Waals surface area contributed by atoms with Crippen molar-refractivity contribution in [3.63, 3.8) is 0 Å². The molecule has 0 radical (unpaired) electrons. The van der Waals surface area contributed by atoms with Crippen LogP contribution in [-0.2, 0) is 19.7 Å². The van der Waals surface area contributed by atoms with Crippen LogP contribution in [0.2, 0.25) is 0 Å². The molecule has 0 bridgehead atoms. The third kappa shape index (κ3) is 5.16. The molecular weight excluding hydrogens is 436 g/mol. The summed E-state index contributed by atoms with van der Waals surface area (Å²) >= 11 is 3.45. The zero-order chi connectivity index (χ0) is 20.9. The van der Waals surface area contributed by atoms with Crippen LogP contribution in [0.5, 0.6) is 5.75 Å². The number of amides is 2. The number of nitrogens with zero attached hydrogens (tertiary/aromatic N) is 1. The molecule has 1 aliphatic rings. The van der Waals surface area contributed by atoms with Gasteiger partial charge in [-0.2, -0.15) is 0 Å². The van der Waals surface area contributed by atoms with Gasteiger partial charge in [-0.15, -0.1) is 0 Å². The number of benzene rings is 2. The van der Waals surface area contributed by atoms with Crippen molar-refractivity contribution in [3.8, 4) is 5.75 Å². The lowest BCUT2D eigenvalue weighted by Gasteiger charge is -2.36. The molecule has 0 atom stereocenters. The molecule has 0 saturated carbocycles. The molecule has 0 aliphatic carbocycles. The van der Waals surface area contributed by atoms with Crippen LogP contribution in [0.25, 0.3) is 0 Å². The quantitative estimate of drug-likeness (QED) is 0.714. The SMILES string of the molecule is CN(C)C(=O)COc1ccc(NC(=O)C2(c3ccc(Br)cc3)CCOCC2)cc1. The molecular formula is C22H25BrN2O4. The molecule has 7 heteroatoms. The highest BCUT2D eigenvalue weighted by molar-refractivity contribution is 9.10. The first-order chi connectivity index (χ1) is 13.9. The highest BCUT2D eigenvalue weighted by Gasteiger charge is 2.41. The molecule has 1 heterocycles. The number of likely N-dealkylation sites (N-methyl/N-ethyl adjacent to an activating group) is 1. The van der Waals surface area contributed by atoms with Crippen LogP contribution in [0, 0.1) is 0 Å². The van der Waals surface area contributed by atoms with Crippen molar-refractivity contribution >= 4 is 33.4 Å². The second-order valence-corrected chi connectivity index (χ2v) is 8.17. The van der Waals surface area contributed by atoms with E-state index in [1.54, 1.807) is 38.4 Å². The minimum atomic E-state index is -0.619. The van der Waals surface area contributed by atoms with Crippen LogP contribution >= 0.6 is 15.9 Å². The molecule has 29 heavy (non-hydrogen) atoms. The first-order valence-corrected chi connectivity index (χ1v) is 10.3. The molecule has 1 N–H and O–H groups in total. The molecule has 2 amide bonds. The van der Waals surface area contributed by atoms with Gasteiger partial charge in [0.1, 0.15) is 5.75 Å². The molecule has 3 rings (SSSR count). The van der Waals surface area contributed by atoms with E-state index in [4.69, 9.17) is 9.47 Å². The van der Waals surface area contributed by atoms with Gasteiger partial charge in [0.05, 0.1) is 5.41 Å². The van der Waals surface area contributed by atoms with Gasteiger partial charge in [-0.3, -0.25) is 9.59 Å². The Bertz CT molecular complexity index is 844. The molecule has 154 valence electrons. The second kappa shape index (κ2) is 9.41. The summed E-state index contributed by atoms with van der Waals surface area (Å²) in [6.45, 7) is 1.08. The van der Waals surface area contributed by atoms with Crippen LogP contribution in [-0.4, -0.2) is 50.6 Å². The number of carbonyl (C=O) groups is 2. The van der Waals surface area contributed by atoms with Gasteiger partial charge in [-0.1, -0.05) is 28.1 Å². The lowest BCUT2D eigenvalue weighted by atomic mass is 9.73. The summed E-state index contributed by atoms with van der Waals surface area (Å²) in [6, 6.07) is 15.0. The lowest BCUT2D eigenvalue weighted by Crippen LogP contribution is -2.44. The summed E-state index contributed by atoms with van der Waals surface area (Å²) in [4.78, 5) is 26.4. The maximum atomic E-state index is 13.3. The van der Waals surface area contributed by atoms with Gasteiger partial charge in [-0.25, -0.2) is 0 Å². The van der Waals surface area contributed by atoms with Crippen LogP contribution in [0.3, 0.4) is 0 Å². The molecule has 0 spiro atoms. The predicted octanol–water partition coefficient (Wildman–Crippen LogP) is 3.60.